The van der Waals surface area contributed by atoms with Crippen molar-refractivity contribution in [3.63, 3.8) is 0 Å². The van der Waals surface area contributed by atoms with E-state index in [4.69, 9.17) is 11.6 Å². The van der Waals surface area contributed by atoms with Crippen molar-refractivity contribution in [3.8, 4) is 0 Å². The van der Waals surface area contributed by atoms with Crippen LogP contribution in [0.5, 0.6) is 0 Å². The molecule has 0 saturated carbocycles. The number of alkyl halides is 3. The number of carbonyl (C=O) groups is 2. The number of hydrogen-bond donors (Lipinski definition) is 1. The zero-order valence-corrected chi connectivity index (χ0v) is 18.0. The van der Waals surface area contributed by atoms with Gasteiger partial charge in [-0.1, -0.05) is 17.7 Å². The van der Waals surface area contributed by atoms with Gasteiger partial charge in [-0.25, -0.2) is 4.39 Å². The van der Waals surface area contributed by atoms with Gasteiger partial charge < -0.3 is 14.9 Å². The Morgan fingerprint density at radius 2 is 2.00 bits per heavy atom. The molecule has 3 rings (SSSR count). The Labute approximate surface area is 186 Å². The number of aliphatic hydroxyl groups excluding tert-OH is 1. The van der Waals surface area contributed by atoms with Gasteiger partial charge in [0.1, 0.15) is 18.5 Å². The first-order valence-electron chi connectivity index (χ1n) is 9.65. The molecule has 1 atom stereocenters. The smallest absolute Gasteiger partial charge is 0.383 e. The summed E-state index contributed by atoms with van der Waals surface area (Å²) in [5.41, 5.74) is 0.233. The predicted octanol–water partition coefficient (Wildman–Crippen LogP) is 2.43. The molecule has 1 aliphatic heterocycles. The van der Waals surface area contributed by atoms with Gasteiger partial charge in [-0.05, 0) is 19.1 Å². The molecule has 1 fully saturated rings. The molecule has 12 heteroatoms. The van der Waals surface area contributed by atoms with Crippen molar-refractivity contribution < 1.29 is 32.3 Å². The quantitative estimate of drug-likeness (QED) is 0.650. The number of nitrogens with zero attached hydrogens (tertiary/aromatic N) is 4. The molecule has 174 valence electrons. The van der Waals surface area contributed by atoms with Crippen LogP contribution in [0.25, 0.3) is 0 Å². The first kappa shape index (κ1) is 24.0. The van der Waals surface area contributed by atoms with Gasteiger partial charge in [0.05, 0.1) is 17.3 Å². The van der Waals surface area contributed by atoms with E-state index in [0.29, 0.717) is 4.68 Å². The van der Waals surface area contributed by atoms with Crippen LogP contribution in [0.1, 0.15) is 21.6 Å². The molecule has 2 amide bonds. The number of aryl methyl sites for hydroxylation is 1. The summed E-state index contributed by atoms with van der Waals surface area (Å²) < 4.78 is 52.2. The number of hydrogen-bond acceptors (Lipinski definition) is 4. The second-order valence-corrected chi connectivity index (χ2v) is 8.08. The summed E-state index contributed by atoms with van der Waals surface area (Å²) in [5, 5.41) is 14.0. The topological polar surface area (TPSA) is 78.7 Å². The molecule has 1 aromatic carbocycles. The maximum atomic E-state index is 13.9. The van der Waals surface area contributed by atoms with Gasteiger partial charge in [0.15, 0.2) is 0 Å². The molecular formula is C20H21ClF4N4O3. The second-order valence-electron chi connectivity index (χ2n) is 7.67. The van der Waals surface area contributed by atoms with Gasteiger partial charge in [0.25, 0.3) is 11.8 Å². The zero-order chi connectivity index (χ0) is 23.8. The molecule has 1 N–H and O–H groups in total. The Bertz CT molecular complexity index is 1000. The third kappa shape index (κ3) is 5.21. The molecule has 2 heterocycles. The normalized spacial score (nSPS) is 15.4. The lowest BCUT2D eigenvalue weighted by Crippen LogP contribution is -2.63. The summed E-state index contributed by atoms with van der Waals surface area (Å²) in [5.74, 6) is -1.78. The van der Waals surface area contributed by atoms with Crippen LogP contribution in [0.15, 0.2) is 24.4 Å². The van der Waals surface area contributed by atoms with Crippen LogP contribution in [0, 0.1) is 12.7 Å². The Morgan fingerprint density at radius 3 is 2.59 bits per heavy atom. The van der Waals surface area contributed by atoms with Gasteiger partial charge in [-0.15, -0.1) is 0 Å². The van der Waals surface area contributed by atoms with E-state index in [-0.39, 0.29) is 47.4 Å². The van der Waals surface area contributed by atoms with Gasteiger partial charge in [0, 0.05) is 43.3 Å². The van der Waals surface area contributed by atoms with E-state index in [2.05, 4.69) is 5.10 Å². The van der Waals surface area contributed by atoms with E-state index < -0.39 is 36.5 Å². The van der Waals surface area contributed by atoms with E-state index in [9.17, 15) is 32.3 Å². The van der Waals surface area contributed by atoms with Crippen LogP contribution in [-0.2, 0) is 17.8 Å². The molecule has 7 nitrogen and oxygen atoms in total. The summed E-state index contributed by atoms with van der Waals surface area (Å²) in [6.07, 6.45) is -5.22. The molecule has 1 aliphatic rings. The lowest BCUT2D eigenvalue weighted by atomic mass is 10.0. The third-order valence-electron chi connectivity index (χ3n) is 5.30. The number of aliphatic hydroxyl groups is 1. The number of amides is 2. The van der Waals surface area contributed by atoms with Gasteiger partial charge >= 0.3 is 6.18 Å². The predicted molar refractivity (Wildman–Crippen MR) is 107 cm³/mol. The van der Waals surface area contributed by atoms with Gasteiger partial charge in [-0.2, -0.15) is 18.3 Å². The summed E-state index contributed by atoms with van der Waals surface area (Å²) in [4.78, 5) is 27.8. The largest absolute Gasteiger partial charge is 0.408 e. The van der Waals surface area contributed by atoms with Crippen LogP contribution in [-0.4, -0.2) is 75.0 Å². The lowest BCUT2D eigenvalue weighted by Gasteiger charge is -2.44. The number of carbonyl (C=O) groups excluding carboxylic acids is 2. The second kappa shape index (κ2) is 9.07. The lowest BCUT2D eigenvalue weighted by molar-refractivity contribution is -0.146. The third-order valence-corrected chi connectivity index (χ3v) is 5.66. The van der Waals surface area contributed by atoms with Crippen molar-refractivity contribution in [1.82, 2.24) is 19.6 Å². The molecule has 1 aromatic heterocycles. The highest BCUT2D eigenvalue weighted by Gasteiger charge is 2.39. The van der Waals surface area contributed by atoms with Crippen molar-refractivity contribution in [1.29, 1.82) is 0 Å². The Morgan fingerprint density at radius 1 is 1.34 bits per heavy atom. The molecule has 0 bridgehead atoms. The molecule has 0 radical (unpaired) electrons. The maximum absolute atomic E-state index is 13.9. The molecule has 2 aromatic rings. The average molecular weight is 477 g/mol. The Hall–Kier alpha value is -2.66. The number of likely N-dealkylation sites (tertiary alicyclic amines) is 1. The molecule has 32 heavy (non-hydrogen) atoms. The molecule has 0 spiro atoms. The highest BCUT2D eigenvalue weighted by Crippen LogP contribution is 2.24. The van der Waals surface area contributed by atoms with E-state index in [1.165, 1.54) is 42.0 Å². The number of likely N-dealkylation sites (N-methyl/N-ethyl adjacent to an activating group) is 1. The fraction of sp³-hybridized carbons (Fsp3) is 0.450. The Kier molecular flexibility index (Phi) is 6.80. The first-order chi connectivity index (χ1) is 14.9. The van der Waals surface area contributed by atoms with Crippen molar-refractivity contribution >= 4 is 23.4 Å². The minimum atomic E-state index is -4.47. The number of benzene rings is 1. The summed E-state index contributed by atoms with van der Waals surface area (Å²) in [6, 6.07) is 3.66. The molecule has 1 saturated heterocycles. The highest BCUT2D eigenvalue weighted by molar-refractivity contribution is 6.31. The van der Waals surface area contributed by atoms with Gasteiger partial charge in [-0.3, -0.25) is 14.3 Å². The van der Waals surface area contributed by atoms with Crippen molar-refractivity contribution in [3.05, 3.63) is 52.1 Å². The molecule has 0 aliphatic carbocycles. The summed E-state index contributed by atoms with van der Waals surface area (Å²) in [7, 11) is 1.48. The number of halogens is 5. The van der Waals surface area contributed by atoms with Crippen LogP contribution in [0.3, 0.4) is 0 Å². The van der Waals surface area contributed by atoms with Crippen LogP contribution < -0.4 is 0 Å². The maximum Gasteiger partial charge on any atom is 0.408 e. The highest BCUT2D eigenvalue weighted by atomic mass is 35.5. The van der Waals surface area contributed by atoms with Gasteiger partial charge in [0.2, 0.25) is 0 Å². The van der Waals surface area contributed by atoms with E-state index >= 15 is 0 Å². The van der Waals surface area contributed by atoms with E-state index in [1.807, 2.05) is 0 Å². The fourth-order valence-corrected chi connectivity index (χ4v) is 3.69. The minimum absolute atomic E-state index is 0.0331. The van der Waals surface area contributed by atoms with Crippen molar-refractivity contribution in [2.75, 3.05) is 20.1 Å². The SMILES string of the molecule is Cc1nn(CC(F)(F)F)cc1C(=O)N(C)C1CN(C(=O)C(O)Cc2c(F)cccc2Cl)C1. The zero-order valence-electron chi connectivity index (χ0n) is 17.2. The van der Waals surface area contributed by atoms with Crippen LogP contribution >= 0.6 is 11.6 Å². The monoisotopic (exact) mass is 476 g/mol. The van der Waals surface area contributed by atoms with Crippen molar-refractivity contribution in [2.24, 2.45) is 0 Å². The Balaban J connectivity index is 1.57. The molecular weight excluding hydrogens is 456 g/mol. The number of aromatic nitrogens is 2. The van der Waals surface area contributed by atoms with E-state index in [0.717, 1.165) is 6.20 Å². The fourth-order valence-electron chi connectivity index (χ4n) is 3.45. The van der Waals surface area contributed by atoms with E-state index in [1.54, 1.807) is 0 Å². The summed E-state index contributed by atoms with van der Waals surface area (Å²) >= 11 is 5.92. The summed E-state index contributed by atoms with van der Waals surface area (Å²) in [6.45, 7) is 0.382. The standard InChI is InChI=1S/C20H21ClF4N4O3/c1-11-14(9-29(26-11)10-20(23,24)25)18(31)27(2)12-7-28(8-12)19(32)17(30)6-13-15(21)4-3-5-16(13)22/h3-5,9,12,17,30H,6-8,10H2,1-2H3. The first-order valence-corrected chi connectivity index (χ1v) is 10.0. The minimum Gasteiger partial charge on any atom is -0.383 e. The van der Waals surface area contributed by atoms with Crippen LogP contribution in [0.4, 0.5) is 17.6 Å². The number of rotatable bonds is 6. The van der Waals surface area contributed by atoms with Crippen molar-refractivity contribution in [2.45, 2.75) is 38.2 Å². The average Bonchev–Trinajstić information content (AvgIpc) is 3.00. The van der Waals surface area contributed by atoms with Crippen LogP contribution in [0.2, 0.25) is 5.02 Å². The molecule has 1 unspecified atom stereocenters.